The molecule has 0 aromatic heterocycles. The predicted octanol–water partition coefficient (Wildman–Crippen LogP) is 3.23. The molecule has 7 heteroatoms. The summed E-state index contributed by atoms with van der Waals surface area (Å²) < 4.78 is 10.6. The Labute approximate surface area is 155 Å². The lowest BCUT2D eigenvalue weighted by molar-refractivity contribution is -0.121. The molecule has 0 unspecified atom stereocenters. The molecule has 6 nitrogen and oxygen atoms in total. The highest BCUT2D eigenvalue weighted by Gasteiger charge is 2.30. The maximum Gasteiger partial charge on any atom is 0.338 e. The molecule has 1 fully saturated rings. The van der Waals surface area contributed by atoms with E-state index in [0.717, 1.165) is 4.90 Å². The molecule has 0 saturated carbocycles. The lowest BCUT2D eigenvalue weighted by Crippen LogP contribution is -2.28. The van der Waals surface area contributed by atoms with Gasteiger partial charge in [-0.1, -0.05) is 11.6 Å². The van der Waals surface area contributed by atoms with Gasteiger partial charge in [0.1, 0.15) is 19.0 Å². The smallest absolute Gasteiger partial charge is 0.338 e. The molecule has 1 heterocycles. The van der Waals surface area contributed by atoms with Crippen LogP contribution in [0.25, 0.3) is 0 Å². The van der Waals surface area contributed by atoms with Crippen molar-refractivity contribution in [3.05, 3.63) is 59.1 Å². The Hall–Kier alpha value is -2.86. The number of anilines is 1. The van der Waals surface area contributed by atoms with Gasteiger partial charge in [-0.3, -0.25) is 14.5 Å². The molecular formula is C19H16ClNO5. The van der Waals surface area contributed by atoms with Crippen LogP contribution in [-0.2, 0) is 14.3 Å². The number of hydrogen-bond donors (Lipinski definition) is 0. The van der Waals surface area contributed by atoms with Crippen molar-refractivity contribution >= 4 is 35.1 Å². The maximum atomic E-state index is 12.0. The van der Waals surface area contributed by atoms with Crippen LogP contribution in [0, 0.1) is 0 Å². The Morgan fingerprint density at radius 3 is 2.15 bits per heavy atom. The molecule has 2 aromatic rings. The van der Waals surface area contributed by atoms with Crippen molar-refractivity contribution in [1.82, 2.24) is 0 Å². The normalized spacial score (nSPS) is 13.8. The van der Waals surface area contributed by atoms with E-state index in [9.17, 15) is 14.4 Å². The Morgan fingerprint density at radius 1 is 0.923 bits per heavy atom. The molecule has 2 aromatic carbocycles. The largest absolute Gasteiger partial charge is 0.490 e. The second-order valence-corrected chi connectivity index (χ2v) is 6.04. The van der Waals surface area contributed by atoms with Crippen LogP contribution in [0.2, 0.25) is 5.02 Å². The van der Waals surface area contributed by atoms with E-state index in [0.29, 0.717) is 22.0 Å². The summed E-state index contributed by atoms with van der Waals surface area (Å²) in [6.07, 6.45) is 0.437. The molecule has 3 rings (SSSR count). The van der Waals surface area contributed by atoms with Crippen molar-refractivity contribution in [1.29, 1.82) is 0 Å². The molecule has 0 N–H and O–H groups in total. The number of benzene rings is 2. The molecule has 0 bridgehead atoms. The molecule has 1 saturated heterocycles. The van der Waals surface area contributed by atoms with Crippen molar-refractivity contribution in [3.63, 3.8) is 0 Å². The molecule has 0 radical (unpaired) electrons. The van der Waals surface area contributed by atoms with Gasteiger partial charge < -0.3 is 9.47 Å². The Kier molecular flexibility index (Phi) is 5.53. The summed E-state index contributed by atoms with van der Waals surface area (Å²) in [5, 5.41) is 0.615. The van der Waals surface area contributed by atoms with E-state index >= 15 is 0 Å². The number of amides is 2. The standard InChI is InChI=1S/C19H16ClNO5/c20-14-3-7-16(8-4-14)25-11-12-26-19(24)13-1-5-15(6-2-13)21-17(22)9-10-18(21)23/h1-8H,9-12H2. The first-order chi connectivity index (χ1) is 12.5. The monoisotopic (exact) mass is 373 g/mol. The molecule has 2 amide bonds. The van der Waals surface area contributed by atoms with E-state index in [1.165, 1.54) is 12.1 Å². The molecule has 134 valence electrons. The average Bonchev–Trinajstić information content (AvgIpc) is 2.98. The van der Waals surface area contributed by atoms with E-state index in [2.05, 4.69) is 0 Å². The van der Waals surface area contributed by atoms with Crippen LogP contribution in [0.1, 0.15) is 23.2 Å². The minimum absolute atomic E-state index is 0.0896. The van der Waals surface area contributed by atoms with E-state index in [4.69, 9.17) is 21.1 Å². The van der Waals surface area contributed by atoms with Gasteiger partial charge in [-0.15, -0.1) is 0 Å². The molecule has 26 heavy (non-hydrogen) atoms. The maximum absolute atomic E-state index is 12.0. The third kappa shape index (κ3) is 4.21. The second kappa shape index (κ2) is 8.01. The van der Waals surface area contributed by atoms with Crippen LogP contribution in [0.15, 0.2) is 48.5 Å². The third-order valence-electron chi connectivity index (χ3n) is 3.81. The number of imide groups is 1. The second-order valence-electron chi connectivity index (χ2n) is 5.61. The Bertz CT molecular complexity index is 801. The van der Waals surface area contributed by atoms with Gasteiger partial charge in [-0.2, -0.15) is 0 Å². The summed E-state index contributed by atoms with van der Waals surface area (Å²) in [6, 6.07) is 13.0. The topological polar surface area (TPSA) is 72.9 Å². The molecule has 0 aliphatic carbocycles. The zero-order chi connectivity index (χ0) is 18.5. The summed E-state index contributed by atoms with van der Waals surface area (Å²) in [5.41, 5.74) is 0.791. The predicted molar refractivity (Wildman–Crippen MR) is 95.4 cm³/mol. The number of esters is 1. The summed E-state index contributed by atoms with van der Waals surface area (Å²) in [6.45, 7) is 0.300. The highest BCUT2D eigenvalue weighted by atomic mass is 35.5. The summed E-state index contributed by atoms with van der Waals surface area (Å²) >= 11 is 5.79. The summed E-state index contributed by atoms with van der Waals surface area (Å²) in [4.78, 5) is 36.6. The molecule has 1 aliphatic heterocycles. The van der Waals surface area contributed by atoms with Crippen LogP contribution < -0.4 is 9.64 Å². The average molecular weight is 374 g/mol. The fourth-order valence-electron chi connectivity index (χ4n) is 2.52. The van der Waals surface area contributed by atoms with E-state index in [-0.39, 0.29) is 37.9 Å². The van der Waals surface area contributed by atoms with E-state index in [1.54, 1.807) is 36.4 Å². The van der Waals surface area contributed by atoms with Gasteiger partial charge in [0.05, 0.1) is 11.3 Å². The van der Waals surface area contributed by atoms with Crippen LogP contribution >= 0.6 is 11.6 Å². The Morgan fingerprint density at radius 2 is 1.54 bits per heavy atom. The van der Waals surface area contributed by atoms with E-state index in [1.807, 2.05) is 0 Å². The number of nitrogens with zero attached hydrogens (tertiary/aromatic N) is 1. The van der Waals surface area contributed by atoms with Crippen molar-refractivity contribution in [2.75, 3.05) is 18.1 Å². The lowest BCUT2D eigenvalue weighted by atomic mass is 10.2. The molecule has 0 atom stereocenters. The quantitative estimate of drug-likeness (QED) is 0.441. The molecule has 0 spiro atoms. The minimum atomic E-state index is -0.504. The number of hydrogen-bond acceptors (Lipinski definition) is 5. The van der Waals surface area contributed by atoms with Gasteiger partial charge in [0.25, 0.3) is 0 Å². The van der Waals surface area contributed by atoms with Crippen LogP contribution in [0.3, 0.4) is 0 Å². The number of halogens is 1. The number of carbonyl (C=O) groups excluding carboxylic acids is 3. The fraction of sp³-hybridized carbons (Fsp3) is 0.211. The number of carbonyl (C=O) groups is 3. The van der Waals surface area contributed by atoms with E-state index < -0.39 is 5.97 Å². The summed E-state index contributed by atoms with van der Waals surface area (Å²) in [5.74, 6) is -0.334. The van der Waals surface area contributed by atoms with Crippen LogP contribution in [-0.4, -0.2) is 31.0 Å². The third-order valence-corrected chi connectivity index (χ3v) is 4.06. The highest BCUT2D eigenvalue weighted by molar-refractivity contribution is 6.30. The van der Waals surface area contributed by atoms with Gasteiger partial charge in [0, 0.05) is 17.9 Å². The lowest BCUT2D eigenvalue weighted by Gasteiger charge is -2.14. The zero-order valence-electron chi connectivity index (χ0n) is 13.8. The van der Waals surface area contributed by atoms with Crippen LogP contribution in [0.4, 0.5) is 5.69 Å². The number of ether oxygens (including phenoxy) is 2. The SMILES string of the molecule is O=C(OCCOc1ccc(Cl)cc1)c1ccc(N2C(=O)CCC2=O)cc1. The van der Waals surface area contributed by atoms with Gasteiger partial charge in [-0.05, 0) is 48.5 Å². The molecular weight excluding hydrogens is 358 g/mol. The van der Waals surface area contributed by atoms with Gasteiger partial charge >= 0.3 is 5.97 Å². The van der Waals surface area contributed by atoms with Crippen molar-refractivity contribution in [3.8, 4) is 5.75 Å². The first-order valence-electron chi connectivity index (χ1n) is 8.06. The highest BCUT2D eigenvalue weighted by Crippen LogP contribution is 2.23. The van der Waals surface area contributed by atoms with Crippen molar-refractivity contribution in [2.45, 2.75) is 12.8 Å². The van der Waals surface area contributed by atoms with Gasteiger partial charge in [-0.25, -0.2) is 4.79 Å². The number of rotatable bonds is 6. The summed E-state index contributed by atoms with van der Waals surface area (Å²) in [7, 11) is 0. The first-order valence-corrected chi connectivity index (χ1v) is 8.44. The van der Waals surface area contributed by atoms with Gasteiger partial charge in [0.15, 0.2) is 0 Å². The Balaban J connectivity index is 1.49. The fourth-order valence-corrected chi connectivity index (χ4v) is 2.65. The first kappa shape index (κ1) is 17.9. The minimum Gasteiger partial charge on any atom is -0.490 e. The zero-order valence-corrected chi connectivity index (χ0v) is 14.6. The van der Waals surface area contributed by atoms with Gasteiger partial charge in [0.2, 0.25) is 11.8 Å². The van der Waals surface area contributed by atoms with Crippen molar-refractivity contribution < 1.29 is 23.9 Å². The molecule has 1 aliphatic rings. The van der Waals surface area contributed by atoms with Crippen LogP contribution in [0.5, 0.6) is 5.75 Å². The van der Waals surface area contributed by atoms with Crippen molar-refractivity contribution in [2.24, 2.45) is 0 Å².